The lowest BCUT2D eigenvalue weighted by molar-refractivity contribution is -0.385. The molecule has 0 aliphatic heterocycles. The number of amides is 1. The molecule has 2 rings (SSSR count). The fourth-order valence-corrected chi connectivity index (χ4v) is 2.12. The third-order valence-corrected chi connectivity index (χ3v) is 3.22. The number of Topliss-reactive ketones (excluding diaryl/α,β-unsaturated/α-hetero) is 1. The standard InChI is InChI=1S/C16H12N2O6/c1-9(19)10-4-2-5-11(8-10)17-15(20)14-12(16(21)22)6-3-7-13(14)18(23)24/h2-8H,1H3,(H,17,20)(H,21,22). The minimum absolute atomic E-state index is 0.219. The Morgan fingerprint density at radius 2 is 1.79 bits per heavy atom. The molecule has 2 aromatic carbocycles. The van der Waals surface area contributed by atoms with Crippen molar-refractivity contribution in [3.05, 3.63) is 69.3 Å². The molecule has 0 heterocycles. The smallest absolute Gasteiger partial charge is 0.336 e. The summed E-state index contributed by atoms with van der Waals surface area (Å²) in [4.78, 5) is 45.3. The van der Waals surface area contributed by atoms with E-state index in [0.29, 0.717) is 5.56 Å². The van der Waals surface area contributed by atoms with Crippen molar-refractivity contribution in [1.82, 2.24) is 0 Å². The second-order valence-corrected chi connectivity index (χ2v) is 4.85. The summed E-state index contributed by atoms with van der Waals surface area (Å²) >= 11 is 0. The van der Waals surface area contributed by atoms with Crippen molar-refractivity contribution in [3.63, 3.8) is 0 Å². The molecule has 0 bridgehead atoms. The summed E-state index contributed by atoms with van der Waals surface area (Å²) < 4.78 is 0. The van der Waals surface area contributed by atoms with Crippen LogP contribution in [0.3, 0.4) is 0 Å². The number of carbonyl (C=O) groups is 3. The van der Waals surface area contributed by atoms with Crippen LogP contribution in [0.1, 0.15) is 38.0 Å². The van der Waals surface area contributed by atoms with Crippen LogP contribution in [0.15, 0.2) is 42.5 Å². The number of aromatic carboxylic acids is 1. The molecule has 0 radical (unpaired) electrons. The van der Waals surface area contributed by atoms with Crippen LogP contribution in [0, 0.1) is 10.1 Å². The molecule has 122 valence electrons. The average molecular weight is 328 g/mol. The lowest BCUT2D eigenvalue weighted by Crippen LogP contribution is -2.18. The van der Waals surface area contributed by atoms with Gasteiger partial charge in [-0.2, -0.15) is 0 Å². The third kappa shape index (κ3) is 3.43. The molecule has 2 aromatic rings. The van der Waals surface area contributed by atoms with Gasteiger partial charge in [-0.1, -0.05) is 18.2 Å². The lowest BCUT2D eigenvalue weighted by atomic mass is 10.0. The van der Waals surface area contributed by atoms with E-state index < -0.39 is 33.6 Å². The van der Waals surface area contributed by atoms with Crippen LogP contribution < -0.4 is 5.32 Å². The van der Waals surface area contributed by atoms with E-state index in [2.05, 4.69) is 5.32 Å². The Morgan fingerprint density at radius 3 is 2.38 bits per heavy atom. The highest BCUT2D eigenvalue weighted by atomic mass is 16.6. The maximum absolute atomic E-state index is 12.4. The molecule has 0 saturated heterocycles. The molecule has 0 aliphatic carbocycles. The SMILES string of the molecule is CC(=O)c1cccc(NC(=O)c2c(C(=O)O)cccc2[N+](=O)[O-])c1. The molecule has 0 aliphatic rings. The number of anilines is 1. The van der Waals surface area contributed by atoms with Crippen molar-refractivity contribution < 1.29 is 24.4 Å². The van der Waals surface area contributed by atoms with E-state index in [1.54, 1.807) is 6.07 Å². The molecule has 0 aromatic heterocycles. The Morgan fingerprint density at radius 1 is 1.12 bits per heavy atom. The predicted molar refractivity (Wildman–Crippen MR) is 84.5 cm³/mol. The second-order valence-electron chi connectivity index (χ2n) is 4.85. The van der Waals surface area contributed by atoms with Crippen molar-refractivity contribution in [1.29, 1.82) is 0 Å². The van der Waals surface area contributed by atoms with Gasteiger partial charge in [-0.25, -0.2) is 4.79 Å². The van der Waals surface area contributed by atoms with E-state index in [9.17, 15) is 24.5 Å². The largest absolute Gasteiger partial charge is 0.478 e. The zero-order valence-electron chi connectivity index (χ0n) is 12.5. The Kier molecular flexibility index (Phi) is 4.69. The molecule has 24 heavy (non-hydrogen) atoms. The highest BCUT2D eigenvalue weighted by Crippen LogP contribution is 2.24. The van der Waals surface area contributed by atoms with Crippen molar-refractivity contribution in [2.24, 2.45) is 0 Å². The van der Waals surface area contributed by atoms with Gasteiger partial charge in [-0.15, -0.1) is 0 Å². The van der Waals surface area contributed by atoms with Crippen LogP contribution in [-0.2, 0) is 0 Å². The van der Waals surface area contributed by atoms with Crippen LogP contribution in [0.2, 0.25) is 0 Å². The van der Waals surface area contributed by atoms with Crippen LogP contribution in [0.25, 0.3) is 0 Å². The summed E-state index contributed by atoms with van der Waals surface area (Å²) in [7, 11) is 0. The Labute approximate surface area is 135 Å². The van der Waals surface area contributed by atoms with E-state index in [4.69, 9.17) is 5.11 Å². The first-order valence-corrected chi connectivity index (χ1v) is 6.74. The summed E-state index contributed by atoms with van der Waals surface area (Å²) in [5, 5.41) is 22.6. The number of carboxylic acids is 1. The zero-order chi connectivity index (χ0) is 17.9. The van der Waals surface area contributed by atoms with Gasteiger partial charge in [0.15, 0.2) is 5.78 Å². The summed E-state index contributed by atoms with van der Waals surface area (Å²) in [6, 6.07) is 9.31. The molecule has 0 saturated carbocycles. The summed E-state index contributed by atoms with van der Waals surface area (Å²) in [6.07, 6.45) is 0. The molecule has 8 heteroatoms. The quantitative estimate of drug-likeness (QED) is 0.493. The number of nitrogens with zero attached hydrogens (tertiary/aromatic N) is 1. The first-order valence-electron chi connectivity index (χ1n) is 6.74. The molecule has 1 amide bonds. The number of rotatable bonds is 5. The Bertz CT molecular complexity index is 827. The number of ketones is 1. The molecule has 2 N–H and O–H groups in total. The maximum Gasteiger partial charge on any atom is 0.336 e. The molecular weight excluding hydrogens is 316 g/mol. The fourth-order valence-electron chi connectivity index (χ4n) is 2.12. The number of nitro benzene ring substituents is 1. The number of hydrogen-bond donors (Lipinski definition) is 2. The molecule has 8 nitrogen and oxygen atoms in total. The Hall–Kier alpha value is -3.55. The van der Waals surface area contributed by atoms with E-state index in [1.165, 1.54) is 31.2 Å². The predicted octanol–water partition coefficient (Wildman–Crippen LogP) is 2.75. The minimum Gasteiger partial charge on any atom is -0.478 e. The highest BCUT2D eigenvalue weighted by molar-refractivity contribution is 6.13. The van der Waals surface area contributed by atoms with Gasteiger partial charge in [0.25, 0.3) is 11.6 Å². The average Bonchev–Trinajstić information content (AvgIpc) is 2.54. The first-order chi connectivity index (χ1) is 11.3. The number of nitrogens with one attached hydrogen (secondary N) is 1. The fraction of sp³-hybridized carbons (Fsp3) is 0.0625. The number of benzene rings is 2. The van der Waals surface area contributed by atoms with Gasteiger partial charge in [0.1, 0.15) is 5.56 Å². The van der Waals surface area contributed by atoms with Gasteiger partial charge in [0.2, 0.25) is 0 Å². The van der Waals surface area contributed by atoms with Crippen molar-refractivity contribution in [2.45, 2.75) is 6.92 Å². The van der Waals surface area contributed by atoms with Crippen LogP contribution in [0.5, 0.6) is 0 Å². The molecule has 0 atom stereocenters. The molecular formula is C16H12N2O6. The van der Waals surface area contributed by atoms with Gasteiger partial charge in [-0.05, 0) is 25.1 Å². The number of hydrogen-bond acceptors (Lipinski definition) is 5. The number of nitro groups is 1. The summed E-state index contributed by atoms with van der Waals surface area (Å²) in [5.74, 6) is -2.62. The first kappa shape index (κ1) is 16.8. The van der Waals surface area contributed by atoms with E-state index in [-0.39, 0.29) is 11.5 Å². The van der Waals surface area contributed by atoms with E-state index in [0.717, 1.165) is 12.1 Å². The minimum atomic E-state index is -1.46. The van der Waals surface area contributed by atoms with Crippen LogP contribution >= 0.6 is 0 Å². The molecule has 0 fully saturated rings. The molecule has 0 spiro atoms. The van der Waals surface area contributed by atoms with Crippen LogP contribution in [0.4, 0.5) is 11.4 Å². The van der Waals surface area contributed by atoms with Crippen molar-refractivity contribution >= 4 is 29.0 Å². The van der Waals surface area contributed by atoms with Crippen LogP contribution in [-0.4, -0.2) is 27.7 Å². The third-order valence-electron chi connectivity index (χ3n) is 3.22. The topological polar surface area (TPSA) is 127 Å². The normalized spacial score (nSPS) is 10.0. The van der Waals surface area contributed by atoms with Gasteiger partial charge >= 0.3 is 5.97 Å². The second kappa shape index (κ2) is 6.69. The van der Waals surface area contributed by atoms with E-state index in [1.807, 2.05) is 0 Å². The van der Waals surface area contributed by atoms with Gasteiger partial charge in [0.05, 0.1) is 10.5 Å². The van der Waals surface area contributed by atoms with Crippen molar-refractivity contribution in [3.8, 4) is 0 Å². The van der Waals surface area contributed by atoms with Gasteiger partial charge < -0.3 is 10.4 Å². The lowest BCUT2D eigenvalue weighted by Gasteiger charge is -2.09. The van der Waals surface area contributed by atoms with Gasteiger partial charge in [0, 0.05) is 17.3 Å². The van der Waals surface area contributed by atoms with Gasteiger partial charge in [-0.3, -0.25) is 19.7 Å². The summed E-state index contributed by atoms with van der Waals surface area (Å²) in [5.41, 5.74) is -1.08. The highest BCUT2D eigenvalue weighted by Gasteiger charge is 2.27. The Balaban J connectivity index is 2.46. The summed E-state index contributed by atoms with van der Waals surface area (Å²) in [6.45, 7) is 1.35. The molecule has 0 unspecified atom stereocenters. The van der Waals surface area contributed by atoms with E-state index >= 15 is 0 Å². The monoisotopic (exact) mass is 328 g/mol. The number of carboxylic acid groups (broad SMARTS) is 1. The zero-order valence-corrected chi connectivity index (χ0v) is 12.5. The number of carbonyl (C=O) groups excluding carboxylic acids is 2. The maximum atomic E-state index is 12.4. The van der Waals surface area contributed by atoms with Crippen molar-refractivity contribution in [2.75, 3.05) is 5.32 Å².